The Morgan fingerprint density at radius 3 is 2.27 bits per heavy atom. The minimum atomic E-state index is -4.76. The Balaban J connectivity index is 1.44. The number of fused-ring (bicyclic) bond motifs is 2. The Bertz CT molecular complexity index is 1120. The van der Waals surface area contributed by atoms with E-state index in [9.17, 15) is 31.1 Å². The van der Waals surface area contributed by atoms with Gasteiger partial charge in [-0.1, -0.05) is 0 Å². The molecule has 2 aliphatic heterocycles. The van der Waals surface area contributed by atoms with Crippen molar-refractivity contribution in [2.75, 3.05) is 47.0 Å². The molecule has 0 bridgehead atoms. The molecule has 0 unspecified atom stereocenters. The number of ether oxygens (including phenoxy) is 3. The Kier molecular flexibility index (Phi) is 7.39. The molecule has 0 aliphatic carbocycles. The molecule has 0 saturated carbocycles. The Morgan fingerprint density at radius 1 is 0.946 bits per heavy atom. The third-order valence-corrected chi connectivity index (χ3v) is 7.03. The van der Waals surface area contributed by atoms with Crippen molar-refractivity contribution in [1.29, 1.82) is 0 Å². The van der Waals surface area contributed by atoms with Crippen LogP contribution in [-0.2, 0) is 23.0 Å². The summed E-state index contributed by atoms with van der Waals surface area (Å²) in [5, 5.41) is 0. The van der Waals surface area contributed by atoms with E-state index in [1.165, 1.54) is 29.9 Å². The molecule has 1 fully saturated rings. The Morgan fingerprint density at radius 2 is 1.65 bits per heavy atom. The topological polar surface area (TPSA) is 56.2 Å². The van der Waals surface area contributed by atoms with Crippen molar-refractivity contribution in [3.05, 3.63) is 47.3 Å². The number of benzene rings is 1. The van der Waals surface area contributed by atoms with Crippen LogP contribution in [0, 0.1) is 0 Å². The first-order valence-electron chi connectivity index (χ1n) is 11.6. The van der Waals surface area contributed by atoms with Gasteiger partial charge in [-0.15, -0.1) is 13.2 Å². The van der Waals surface area contributed by atoms with E-state index in [4.69, 9.17) is 9.47 Å². The van der Waals surface area contributed by atoms with Gasteiger partial charge in [0.05, 0.1) is 19.3 Å². The van der Waals surface area contributed by atoms with Gasteiger partial charge >= 0.3 is 12.5 Å². The molecule has 204 valence electrons. The van der Waals surface area contributed by atoms with Crippen LogP contribution in [0.4, 0.5) is 26.3 Å². The van der Waals surface area contributed by atoms with E-state index < -0.39 is 30.4 Å². The summed E-state index contributed by atoms with van der Waals surface area (Å²) in [7, 11) is 3.24. The van der Waals surface area contributed by atoms with Crippen LogP contribution < -0.4 is 9.47 Å². The third-order valence-electron chi connectivity index (χ3n) is 7.03. The molecule has 3 heterocycles. The predicted octanol–water partition coefficient (Wildman–Crippen LogP) is 4.51. The van der Waals surface area contributed by atoms with Crippen LogP contribution in [-0.4, -0.2) is 73.6 Å². The molecule has 37 heavy (non-hydrogen) atoms. The SMILES string of the molecule is COc1cc(C(=O)N2CCC3(CC2)c2ccc(C(F)(F)F)n2CCN3C)ccc1OCCOC(F)(F)F. The molecule has 1 aromatic carbocycles. The van der Waals surface area contributed by atoms with Crippen LogP contribution >= 0.6 is 0 Å². The number of aromatic nitrogens is 1. The number of methoxy groups -OCH3 is 1. The first-order valence-corrected chi connectivity index (χ1v) is 11.6. The lowest BCUT2D eigenvalue weighted by Crippen LogP contribution is -2.56. The number of alkyl halides is 6. The highest BCUT2D eigenvalue weighted by Crippen LogP contribution is 2.44. The highest BCUT2D eigenvalue weighted by molar-refractivity contribution is 5.95. The second-order valence-corrected chi connectivity index (χ2v) is 9.01. The number of rotatable bonds is 6. The van der Waals surface area contributed by atoms with Crippen molar-refractivity contribution in [2.24, 2.45) is 0 Å². The summed E-state index contributed by atoms with van der Waals surface area (Å²) in [4.78, 5) is 16.9. The molecular weight excluding hydrogens is 508 g/mol. The van der Waals surface area contributed by atoms with Gasteiger partial charge < -0.3 is 18.9 Å². The predicted molar refractivity (Wildman–Crippen MR) is 119 cm³/mol. The van der Waals surface area contributed by atoms with Crippen molar-refractivity contribution < 1.29 is 45.3 Å². The Hall–Kier alpha value is -2.93. The summed E-state index contributed by atoms with van der Waals surface area (Å²) in [6, 6.07) is 7.03. The van der Waals surface area contributed by atoms with Gasteiger partial charge in [0, 0.05) is 37.4 Å². The molecule has 0 N–H and O–H groups in total. The fourth-order valence-electron chi connectivity index (χ4n) is 5.15. The lowest BCUT2D eigenvalue weighted by molar-refractivity contribution is -0.325. The molecule has 0 atom stereocenters. The Labute approximate surface area is 209 Å². The summed E-state index contributed by atoms with van der Waals surface area (Å²) in [5.74, 6) is 0.0493. The largest absolute Gasteiger partial charge is 0.522 e. The van der Waals surface area contributed by atoms with Gasteiger partial charge in [-0.3, -0.25) is 14.4 Å². The van der Waals surface area contributed by atoms with E-state index in [2.05, 4.69) is 9.64 Å². The van der Waals surface area contributed by atoms with Crippen LogP contribution in [0.15, 0.2) is 30.3 Å². The van der Waals surface area contributed by atoms with Gasteiger partial charge in [0.2, 0.25) is 0 Å². The zero-order valence-corrected chi connectivity index (χ0v) is 20.3. The number of hydrogen-bond donors (Lipinski definition) is 0. The van der Waals surface area contributed by atoms with E-state index in [0.29, 0.717) is 43.7 Å². The summed E-state index contributed by atoms with van der Waals surface area (Å²) >= 11 is 0. The second kappa shape index (κ2) is 10.1. The van der Waals surface area contributed by atoms with Gasteiger partial charge in [-0.05, 0) is 50.2 Å². The van der Waals surface area contributed by atoms with Crippen LogP contribution in [0.5, 0.6) is 11.5 Å². The maximum Gasteiger partial charge on any atom is 0.522 e. The van der Waals surface area contributed by atoms with Crippen LogP contribution in [0.1, 0.15) is 34.6 Å². The first-order chi connectivity index (χ1) is 17.4. The maximum absolute atomic E-state index is 13.5. The average Bonchev–Trinajstić information content (AvgIpc) is 3.30. The summed E-state index contributed by atoms with van der Waals surface area (Å²) < 4.78 is 92.3. The minimum Gasteiger partial charge on any atom is -0.493 e. The van der Waals surface area contributed by atoms with Gasteiger partial charge in [-0.25, -0.2) is 0 Å². The van der Waals surface area contributed by atoms with Crippen LogP contribution in [0.3, 0.4) is 0 Å². The van der Waals surface area contributed by atoms with Crippen molar-refractivity contribution in [1.82, 2.24) is 14.4 Å². The minimum absolute atomic E-state index is 0.160. The fraction of sp³-hybridized carbons (Fsp3) is 0.542. The summed E-state index contributed by atoms with van der Waals surface area (Å²) in [6.45, 7) is 0.309. The number of amides is 1. The fourth-order valence-corrected chi connectivity index (χ4v) is 5.15. The van der Waals surface area contributed by atoms with Crippen LogP contribution in [0.25, 0.3) is 0 Å². The van der Waals surface area contributed by atoms with Gasteiger partial charge in [0.1, 0.15) is 12.3 Å². The lowest BCUT2D eigenvalue weighted by atomic mass is 9.81. The molecule has 13 heteroatoms. The van der Waals surface area contributed by atoms with Crippen molar-refractivity contribution in [3.63, 3.8) is 0 Å². The number of halogens is 6. The van der Waals surface area contributed by atoms with Crippen LogP contribution in [0.2, 0.25) is 0 Å². The van der Waals surface area contributed by atoms with E-state index in [0.717, 1.165) is 6.07 Å². The first kappa shape index (κ1) is 27.1. The second-order valence-electron chi connectivity index (χ2n) is 9.01. The molecule has 7 nitrogen and oxygen atoms in total. The molecule has 1 aromatic heterocycles. The van der Waals surface area contributed by atoms with E-state index in [1.807, 2.05) is 7.05 Å². The average molecular weight is 535 g/mol. The molecule has 1 amide bonds. The molecule has 4 rings (SSSR count). The van der Waals surface area contributed by atoms with Gasteiger partial charge in [-0.2, -0.15) is 13.2 Å². The normalized spacial score (nSPS) is 18.1. The number of hydrogen-bond acceptors (Lipinski definition) is 5. The summed E-state index contributed by atoms with van der Waals surface area (Å²) in [5.41, 5.74) is -0.357. The molecular formula is C24H27F6N3O4. The number of carbonyl (C=O) groups is 1. The highest BCUT2D eigenvalue weighted by atomic mass is 19.4. The lowest BCUT2D eigenvalue weighted by Gasteiger charge is -2.50. The maximum atomic E-state index is 13.5. The van der Waals surface area contributed by atoms with Crippen molar-refractivity contribution in [3.8, 4) is 11.5 Å². The standard InChI is InChI=1S/C24H27F6N3O4/c1-31-11-12-33-19(5-6-20(33)23(25,26)27)22(31)7-9-32(10-8-22)21(34)16-3-4-17(18(15-16)35-2)36-13-14-37-24(28,29)30/h3-6,15H,7-14H2,1-2H3. The molecule has 1 saturated heterocycles. The number of likely N-dealkylation sites (tertiary alicyclic amines) is 1. The van der Waals surface area contributed by atoms with E-state index >= 15 is 0 Å². The molecule has 0 radical (unpaired) electrons. The zero-order valence-electron chi connectivity index (χ0n) is 20.3. The third kappa shape index (κ3) is 5.52. The van der Waals surface area contributed by atoms with E-state index in [-0.39, 0.29) is 30.6 Å². The van der Waals surface area contributed by atoms with Crippen molar-refractivity contribution in [2.45, 2.75) is 37.5 Å². The monoisotopic (exact) mass is 535 g/mol. The quantitative estimate of drug-likeness (QED) is 0.403. The number of piperidine rings is 1. The van der Waals surface area contributed by atoms with Gasteiger partial charge in [0.25, 0.3) is 5.91 Å². The van der Waals surface area contributed by atoms with E-state index in [1.54, 1.807) is 11.0 Å². The smallest absolute Gasteiger partial charge is 0.493 e. The number of likely N-dealkylation sites (N-methyl/N-ethyl adjacent to an activating group) is 1. The van der Waals surface area contributed by atoms with Crippen molar-refractivity contribution >= 4 is 5.91 Å². The number of nitrogens with zero attached hydrogens (tertiary/aromatic N) is 3. The summed E-state index contributed by atoms with van der Waals surface area (Å²) in [6.07, 6.45) is -8.26. The number of carbonyl (C=O) groups excluding carboxylic acids is 1. The zero-order chi connectivity index (χ0) is 27.0. The molecule has 2 aliphatic rings. The highest BCUT2D eigenvalue weighted by Gasteiger charge is 2.47. The molecule has 2 aromatic rings. The van der Waals surface area contributed by atoms with Gasteiger partial charge in [0.15, 0.2) is 11.5 Å². The molecule has 1 spiro atoms.